The Balaban J connectivity index is 1.54. The first-order valence-electron chi connectivity index (χ1n) is 9.91. The number of imidazole rings is 1. The Labute approximate surface area is 186 Å². The molecule has 0 radical (unpaired) electrons. The van der Waals surface area contributed by atoms with Gasteiger partial charge >= 0.3 is 0 Å². The molecule has 0 aliphatic heterocycles. The Morgan fingerprint density at radius 3 is 2.52 bits per heavy atom. The third-order valence-electron chi connectivity index (χ3n) is 4.73. The summed E-state index contributed by atoms with van der Waals surface area (Å²) >= 11 is 1.41. The number of anilines is 1. The molecule has 0 bridgehead atoms. The highest BCUT2D eigenvalue weighted by molar-refractivity contribution is 7.99. The van der Waals surface area contributed by atoms with Crippen molar-refractivity contribution in [3.05, 3.63) is 90.6 Å². The van der Waals surface area contributed by atoms with Gasteiger partial charge in [-0.2, -0.15) is 0 Å². The summed E-state index contributed by atoms with van der Waals surface area (Å²) in [7, 11) is 1.62. The number of amides is 1. The Hall–Kier alpha value is -3.51. The van der Waals surface area contributed by atoms with E-state index in [2.05, 4.69) is 24.4 Å². The van der Waals surface area contributed by atoms with Gasteiger partial charge in [-0.1, -0.05) is 54.2 Å². The van der Waals surface area contributed by atoms with Gasteiger partial charge in [0.05, 0.1) is 18.6 Å². The predicted molar refractivity (Wildman–Crippen MR) is 126 cm³/mol. The number of methoxy groups -OCH3 is 1. The lowest BCUT2D eigenvalue weighted by molar-refractivity contribution is -0.113. The Bertz CT molecular complexity index is 1170. The van der Waals surface area contributed by atoms with E-state index in [0.29, 0.717) is 0 Å². The second-order valence-corrected chi connectivity index (χ2v) is 7.99. The Morgan fingerprint density at radius 2 is 1.81 bits per heavy atom. The molecule has 3 aromatic carbocycles. The summed E-state index contributed by atoms with van der Waals surface area (Å²) in [6, 6.07) is 25.6. The predicted octanol–water partition coefficient (Wildman–Crippen LogP) is 5.59. The molecule has 0 saturated carbocycles. The van der Waals surface area contributed by atoms with Crippen molar-refractivity contribution in [2.75, 3.05) is 18.2 Å². The van der Waals surface area contributed by atoms with Crippen LogP contribution >= 0.6 is 11.8 Å². The average molecular weight is 430 g/mol. The van der Waals surface area contributed by atoms with Gasteiger partial charge in [-0.05, 0) is 48.9 Å². The molecule has 1 N–H and O–H groups in total. The lowest BCUT2D eigenvalue weighted by Crippen LogP contribution is -2.14. The van der Waals surface area contributed by atoms with Crippen LogP contribution < -0.4 is 10.1 Å². The fraction of sp³-hybridized carbons (Fsp3) is 0.120. The fourth-order valence-corrected chi connectivity index (χ4v) is 3.97. The van der Waals surface area contributed by atoms with E-state index in [4.69, 9.17) is 9.72 Å². The maximum absolute atomic E-state index is 12.5. The van der Waals surface area contributed by atoms with Crippen molar-refractivity contribution in [2.24, 2.45) is 0 Å². The van der Waals surface area contributed by atoms with Gasteiger partial charge in [-0.25, -0.2) is 4.98 Å². The molecule has 1 heterocycles. The molecule has 4 rings (SSSR count). The third-order valence-corrected chi connectivity index (χ3v) is 5.68. The highest BCUT2D eigenvalue weighted by atomic mass is 32.2. The summed E-state index contributed by atoms with van der Waals surface area (Å²) in [6.45, 7) is 2.06. The number of carbonyl (C=O) groups is 1. The van der Waals surface area contributed by atoms with E-state index in [9.17, 15) is 4.79 Å². The molecule has 0 unspecified atom stereocenters. The first-order valence-corrected chi connectivity index (χ1v) is 10.9. The van der Waals surface area contributed by atoms with Crippen LogP contribution in [0.4, 0.5) is 5.69 Å². The summed E-state index contributed by atoms with van der Waals surface area (Å²) < 4.78 is 7.20. The highest BCUT2D eigenvalue weighted by Crippen LogP contribution is 2.28. The highest BCUT2D eigenvalue weighted by Gasteiger charge is 2.14. The molecular formula is C25H23N3O2S. The maximum Gasteiger partial charge on any atom is 0.234 e. The largest absolute Gasteiger partial charge is 0.497 e. The van der Waals surface area contributed by atoms with Crippen LogP contribution in [0.15, 0.2) is 90.2 Å². The smallest absolute Gasteiger partial charge is 0.234 e. The minimum Gasteiger partial charge on any atom is -0.497 e. The minimum atomic E-state index is -0.0878. The number of ether oxygens (including phenoxy) is 1. The van der Waals surface area contributed by atoms with Crippen molar-refractivity contribution >= 4 is 23.4 Å². The molecule has 6 heteroatoms. The molecule has 0 spiro atoms. The van der Waals surface area contributed by atoms with Gasteiger partial charge in [0, 0.05) is 23.1 Å². The molecule has 1 aromatic heterocycles. The van der Waals surface area contributed by atoms with Crippen molar-refractivity contribution in [1.82, 2.24) is 9.55 Å². The van der Waals surface area contributed by atoms with E-state index in [1.807, 2.05) is 77.5 Å². The Kier molecular flexibility index (Phi) is 6.38. The number of benzene rings is 3. The molecule has 31 heavy (non-hydrogen) atoms. The topological polar surface area (TPSA) is 56.1 Å². The van der Waals surface area contributed by atoms with Crippen molar-refractivity contribution in [3.63, 3.8) is 0 Å². The normalized spacial score (nSPS) is 10.6. The molecule has 0 fully saturated rings. The molecular weight excluding hydrogens is 406 g/mol. The van der Waals surface area contributed by atoms with Crippen LogP contribution in [0.2, 0.25) is 0 Å². The zero-order valence-electron chi connectivity index (χ0n) is 17.4. The van der Waals surface area contributed by atoms with Crippen LogP contribution in [-0.2, 0) is 4.79 Å². The zero-order valence-corrected chi connectivity index (χ0v) is 18.2. The summed E-state index contributed by atoms with van der Waals surface area (Å²) in [4.78, 5) is 17.3. The molecule has 5 nitrogen and oxygen atoms in total. The molecule has 0 aliphatic rings. The van der Waals surface area contributed by atoms with E-state index in [1.54, 1.807) is 7.11 Å². The third kappa shape index (κ3) is 5.16. The number of nitrogens with one attached hydrogen (secondary N) is 1. The van der Waals surface area contributed by atoms with E-state index in [0.717, 1.165) is 33.5 Å². The lowest BCUT2D eigenvalue weighted by Gasteiger charge is -2.09. The van der Waals surface area contributed by atoms with Gasteiger partial charge in [0.1, 0.15) is 5.75 Å². The summed E-state index contributed by atoms with van der Waals surface area (Å²) in [5, 5.41) is 3.69. The van der Waals surface area contributed by atoms with Crippen molar-refractivity contribution < 1.29 is 9.53 Å². The molecule has 0 saturated heterocycles. The number of aryl methyl sites for hydroxylation is 1. The first kappa shape index (κ1) is 20.8. The number of aromatic nitrogens is 2. The first-order chi connectivity index (χ1) is 15.1. The van der Waals surface area contributed by atoms with Crippen molar-refractivity contribution in [2.45, 2.75) is 12.1 Å². The molecule has 0 aliphatic carbocycles. The molecule has 4 aromatic rings. The number of carbonyl (C=O) groups excluding carboxylic acids is 1. The monoisotopic (exact) mass is 429 g/mol. The quantitative estimate of drug-likeness (QED) is 0.389. The minimum absolute atomic E-state index is 0.0878. The second kappa shape index (κ2) is 9.53. The Morgan fingerprint density at radius 1 is 1.03 bits per heavy atom. The van der Waals surface area contributed by atoms with Gasteiger partial charge in [0.15, 0.2) is 5.16 Å². The molecule has 0 atom stereocenters. The van der Waals surface area contributed by atoms with Crippen LogP contribution in [0.3, 0.4) is 0 Å². The van der Waals surface area contributed by atoms with E-state index < -0.39 is 0 Å². The van der Waals surface area contributed by atoms with Gasteiger partial charge < -0.3 is 10.1 Å². The van der Waals surface area contributed by atoms with Gasteiger partial charge in [-0.3, -0.25) is 9.36 Å². The van der Waals surface area contributed by atoms with E-state index in [-0.39, 0.29) is 11.7 Å². The van der Waals surface area contributed by atoms with Gasteiger partial charge in [0.2, 0.25) is 5.91 Å². The van der Waals surface area contributed by atoms with E-state index >= 15 is 0 Å². The van der Waals surface area contributed by atoms with Crippen molar-refractivity contribution in [1.29, 1.82) is 0 Å². The maximum atomic E-state index is 12.5. The molecule has 156 valence electrons. The van der Waals surface area contributed by atoms with Crippen LogP contribution in [0.1, 0.15) is 5.56 Å². The summed E-state index contributed by atoms with van der Waals surface area (Å²) in [6.07, 6.45) is 2.02. The van der Waals surface area contributed by atoms with Gasteiger partial charge in [-0.15, -0.1) is 0 Å². The number of nitrogens with zero attached hydrogens (tertiary/aromatic N) is 2. The van der Waals surface area contributed by atoms with Crippen LogP contribution in [-0.4, -0.2) is 28.3 Å². The standard InChI is InChI=1S/C25H23N3O2S/c1-18-7-6-10-21(15-18)28-16-23(19-8-4-3-5-9-19)27-25(28)31-17-24(29)26-20-11-13-22(30-2)14-12-20/h3-16H,17H2,1-2H3,(H,26,29). The number of thioether (sulfide) groups is 1. The second-order valence-electron chi connectivity index (χ2n) is 7.05. The zero-order chi connectivity index (χ0) is 21.6. The van der Waals surface area contributed by atoms with Crippen LogP contribution in [0, 0.1) is 6.92 Å². The molecule has 1 amide bonds. The fourth-order valence-electron chi connectivity index (χ4n) is 3.18. The number of hydrogen-bond acceptors (Lipinski definition) is 4. The van der Waals surface area contributed by atoms with Gasteiger partial charge in [0.25, 0.3) is 0 Å². The number of rotatable bonds is 7. The number of hydrogen-bond donors (Lipinski definition) is 1. The van der Waals surface area contributed by atoms with Crippen molar-refractivity contribution in [3.8, 4) is 22.7 Å². The van der Waals surface area contributed by atoms with Crippen LogP contribution in [0.5, 0.6) is 5.75 Å². The summed E-state index contributed by atoms with van der Waals surface area (Å²) in [5.41, 5.74) is 4.84. The van der Waals surface area contributed by atoms with E-state index in [1.165, 1.54) is 17.3 Å². The van der Waals surface area contributed by atoms with Crippen LogP contribution in [0.25, 0.3) is 16.9 Å². The lowest BCUT2D eigenvalue weighted by atomic mass is 10.2. The SMILES string of the molecule is COc1ccc(NC(=O)CSc2nc(-c3ccccc3)cn2-c2cccc(C)c2)cc1. The average Bonchev–Trinajstić information content (AvgIpc) is 3.23. The summed E-state index contributed by atoms with van der Waals surface area (Å²) in [5.74, 6) is 0.916.